The quantitative estimate of drug-likeness (QED) is 0.594. The van der Waals surface area contributed by atoms with Gasteiger partial charge in [-0.15, -0.1) is 0 Å². The van der Waals surface area contributed by atoms with E-state index in [1.165, 1.54) is 0 Å². The Morgan fingerprint density at radius 2 is 2.00 bits per heavy atom. The highest BCUT2D eigenvalue weighted by Crippen LogP contribution is 2.31. The number of hydrogen-bond acceptors (Lipinski definition) is 4. The third-order valence-electron chi connectivity index (χ3n) is 2.69. The minimum Gasteiger partial charge on any atom is -0.457 e. The number of anilines is 1. The molecule has 4 nitrogen and oxygen atoms in total. The molecule has 0 aromatic heterocycles. The number of nitrogen functional groups attached to an aromatic ring is 1. The third-order valence-corrected chi connectivity index (χ3v) is 3.01. The molecule has 0 bridgehead atoms. The van der Waals surface area contributed by atoms with E-state index in [0.717, 1.165) is 0 Å². The Bertz CT molecular complexity index is 575. The van der Waals surface area contributed by atoms with Gasteiger partial charge < -0.3 is 15.6 Å². The van der Waals surface area contributed by atoms with Crippen LogP contribution in [-0.2, 0) is 0 Å². The summed E-state index contributed by atoms with van der Waals surface area (Å²) in [5.74, 6) is 1.13. The fourth-order valence-electron chi connectivity index (χ4n) is 1.65. The standard InChI is InChI=1S/C14H15ClN2O2/c1-17-14(18)10-4-2-3-5-13(10)19-9-6-7-12(16)11(15)8-9/h2-8,14,17-18H,16H2,1H3. The molecule has 1 atom stereocenters. The van der Waals surface area contributed by atoms with Crippen LogP contribution in [0.15, 0.2) is 42.5 Å². The van der Waals surface area contributed by atoms with Crippen molar-refractivity contribution in [3.05, 3.63) is 53.1 Å². The van der Waals surface area contributed by atoms with E-state index >= 15 is 0 Å². The maximum atomic E-state index is 9.85. The van der Waals surface area contributed by atoms with Crippen LogP contribution in [-0.4, -0.2) is 12.2 Å². The third kappa shape index (κ3) is 3.17. The van der Waals surface area contributed by atoms with E-state index in [1.54, 1.807) is 37.4 Å². The Hall–Kier alpha value is -1.75. The number of nitrogens with one attached hydrogen (secondary N) is 1. The van der Waals surface area contributed by atoms with Gasteiger partial charge in [-0.05, 0) is 25.2 Å². The zero-order valence-corrected chi connectivity index (χ0v) is 11.2. The van der Waals surface area contributed by atoms with Gasteiger partial charge >= 0.3 is 0 Å². The zero-order valence-electron chi connectivity index (χ0n) is 10.4. The van der Waals surface area contributed by atoms with Crippen molar-refractivity contribution in [2.75, 3.05) is 12.8 Å². The first-order valence-electron chi connectivity index (χ1n) is 5.79. The molecule has 0 saturated heterocycles. The first-order chi connectivity index (χ1) is 9.11. The smallest absolute Gasteiger partial charge is 0.134 e. The molecule has 0 aliphatic carbocycles. The van der Waals surface area contributed by atoms with Crippen LogP contribution < -0.4 is 15.8 Å². The van der Waals surface area contributed by atoms with Crippen molar-refractivity contribution >= 4 is 17.3 Å². The van der Waals surface area contributed by atoms with Crippen LogP contribution in [0.5, 0.6) is 11.5 Å². The maximum Gasteiger partial charge on any atom is 0.134 e. The predicted molar refractivity (Wildman–Crippen MR) is 76.4 cm³/mol. The number of ether oxygens (including phenoxy) is 1. The van der Waals surface area contributed by atoms with Gasteiger partial charge in [-0.25, -0.2) is 0 Å². The molecule has 19 heavy (non-hydrogen) atoms. The molecule has 0 spiro atoms. The Kier molecular flexibility index (Phi) is 4.27. The second-order valence-electron chi connectivity index (χ2n) is 4.01. The lowest BCUT2D eigenvalue weighted by atomic mass is 10.1. The molecule has 2 aromatic carbocycles. The number of rotatable bonds is 4. The largest absolute Gasteiger partial charge is 0.457 e. The van der Waals surface area contributed by atoms with Gasteiger partial charge in [0.2, 0.25) is 0 Å². The minimum atomic E-state index is -0.791. The SMILES string of the molecule is CNC(O)c1ccccc1Oc1ccc(N)c(Cl)c1. The van der Waals surface area contributed by atoms with Gasteiger partial charge in [-0.2, -0.15) is 0 Å². The van der Waals surface area contributed by atoms with Crippen LogP contribution in [0, 0.1) is 0 Å². The summed E-state index contributed by atoms with van der Waals surface area (Å²) in [4.78, 5) is 0. The minimum absolute atomic E-state index is 0.434. The number of aliphatic hydroxyl groups excluding tert-OH is 1. The van der Waals surface area contributed by atoms with Crippen molar-refractivity contribution in [2.24, 2.45) is 0 Å². The molecule has 2 aromatic rings. The molecule has 0 aliphatic rings. The van der Waals surface area contributed by atoms with Gasteiger partial charge in [-0.1, -0.05) is 29.8 Å². The summed E-state index contributed by atoms with van der Waals surface area (Å²) >= 11 is 5.94. The molecule has 4 N–H and O–H groups in total. The van der Waals surface area contributed by atoms with Crippen molar-refractivity contribution in [3.8, 4) is 11.5 Å². The number of halogens is 1. The number of para-hydroxylation sites is 1. The summed E-state index contributed by atoms with van der Waals surface area (Å²) in [6.45, 7) is 0. The van der Waals surface area contributed by atoms with Crippen LogP contribution in [0.4, 0.5) is 5.69 Å². The zero-order chi connectivity index (χ0) is 13.8. The summed E-state index contributed by atoms with van der Waals surface area (Å²) in [5, 5.41) is 13.0. The number of aliphatic hydroxyl groups is 1. The lowest BCUT2D eigenvalue weighted by Crippen LogP contribution is -2.15. The van der Waals surface area contributed by atoms with Crippen LogP contribution in [0.2, 0.25) is 5.02 Å². The van der Waals surface area contributed by atoms with Gasteiger partial charge in [0.15, 0.2) is 0 Å². The molecule has 0 amide bonds. The average Bonchev–Trinajstić information content (AvgIpc) is 2.43. The van der Waals surface area contributed by atoms with Gasteiger partial charge in [0.05, 0.1) is 10.7 Å². The Balaban J connectivity index is 2.30. The first-order valence-corrected chi connectivity index (χ1v) is 6.16. The van der Waals surface area contributed by atoms with Crippen molar-refractivity contribution < 1.29 is 9.84 Å². The summed E-state index contributed by atoms with van der Waals surface area (Å²) in [7, 11) is 1.67. The molecule has 1 unspecified atom stereocenters. The van der Waals surface area contributed by atoms with E-state index in [-0.39, 0.29) is 0 Å². The normalized spacial score (nSPS) is 12.2. The molecule has 5 heteroatoms. The average molecular weight is 279 g/mol. The van der Waals surface area contributed by atoms with Crippen molar-refractivity contribution in [3.63, 3.8) is 0 Å². The van der Waals surface area contributed by atoms with Gasteiger partial charge in [0, 0.05) is 11.6 Å². The molecular formula is C14H15ClN2O2. The fraction of sp³-hybridized carbons (Fsp3) is 0.143. The molecule has 0 heterocycles. The van der Waals surface area contributed by atoms with Gasteiger partial charge in [-0.3, -0.25) is 5.32 Å². The summed E-state index contributed by atoms with van der Waals surface area (Å²) < 4.78 is 5.73. The predicted octanol–water partition coefficient (Wildman–Crippen LogP) is 2.92. The Morgan fingerprint density at radius 1 is 1.26 bits per heavy atom. The topological polar surface area (TPSA) is 67.5 Å². The van der Waals surface area contributed by atoms with Crippen LogP contribution in [0.3, 0.4) is 0 Å². The van der Waals surface area contributed by atoms with Gasteiger partial charge in [0.1, 0.15) is 17.7 Å². The number of benzene rings is 2. The van der Waals surface area contributed by atoms with E-state index in [4.69, 9.17) is 22.1 Å². The monoisotopic (exact) mass is 278 g/mol. The van der Waals surface area contributed by atoms with Gasteiger partial charge in [0.25, 0.3) is 0 Å². The highest BCUT2D eigenvalue weighted by atomic mass is 35.5. The van der Waals surface area contributed by atoms with Crippen molar-refractivity contribution in [2.45, 2.75) is 6.23 Å². The van der Waals surface area contributed by atoms with Crippen LogP contribution >= 0.6 is 11.6 Å². The fourth-order valence-corrected chi connectivity index (χ4v) is 1.82. The van der Waals surface area contributed by atoms with E-state index < -0.39 is 6.23 Å². The molecule has 2 rings (SSSR count). The Labute approximate surface area is 116 Å². The van der Waals surface area contributed by atoms with E-state index in [2.05, 4.69) is 5.32 Å². The molecular weight excluding hydrogens is 264 g/mol. The molecule has 100 valence electrons. The van der Waals surface area contributed by atoms with Crippen molar-refractivity contribution in [1.29, 1.82) is 0 Å². The molecule has 0 radical (unpaired) electrons. The summed E-state index contributed by atoms with van der Waals surface area (Å²) in [6.07, 6.45) is -0.791. The lowest BCUT2D eigenvalue weighted by Gasteiger charge is -2.15. The number of nitrogens with two attached hydrogens (primary N) is 1. The van der Waals surface area contributed by atoms with Crippen LogP contribution in [0.1, 0.15) is 11.8 Å². The summed E-state index contributed by atoms with van der Waals surface area (Å²) in [6, 6.07) is 12.3. The second-order valence-corrected chi connectivity index (χ2v) is 4.42. The lowest BCUT2D eigenvalue weighted by molar-refractivity contribution is 0.146. The highest BCUT2D eigenvalue weighted by molar-refractivity contribution is 6.33. The molecule has 0 aliphatic heterocycles. The van der Waals surface area contributed by atoms with Crippen LogP contribution in [0.25, 0.3) is 0 Å². The molecule has 0 saturated carbocycles. The Morgan fingerprint density at radius 3 is 2.68 bits per heavy atom. The first kappa shape index (κ1) is 13.7. The number of hydrogen-bond donors (Lipinski definition) is 3. The van der Waals surface area contributed by atoms with E-state index in [1.807, 2.05) is 12.1 Å². The van der Waals surface area contributed by atoms with Crippen molar-refractivity contribution in [1.82, 2.24) is 5.32 Å². The summed E-state index contributed by atoms with van der Waals surface area (Å²) in [5.41, 5.74) is 6.79. The maximum absolute atomic E-state index is 9.85. The van der Waals surface area contributed by atoms with E-state index in [0.29, 0.717) is 27.8 Å². The molecule has 0 fully saturated rings. The highest BCUT2D eigenvalue weighted by Gasteiger charge is 2.11. The second kappa shape index (κ2) is 5.93. The van der Waals surface area contributed by atoms with E-state index in [9.17, 15) is 5.11 Å².